The molecule has 0 aromatic heterocycles. The molecule has 0 amide bonds. The average Bonchev–Trinajstić information content (AvgIpc) is 3.29. The van der Waals surface area contributed by atoms with Crippen LogP contribution in [-0.2, 0) is 13.2 Å². The van der Waals surface area contributed by atoms with E-state index in [1.165, 1.54) is 24.0 Å². The number of benzene rings is 2. The van der Waals surface area contributed by atoms with Gasteiger partial charge in [-0.15, -0.1) is 0 Å². The molecular formula is C18H20ClNO. The minimum absolute atomic E-state index is 0.547. The van der Waals surface area contributed by atoms with E-state index in [0.29, 0.717) is 17.7 Å². The first-order valence-corrected chi connectivity index (χ1v) is 7.79. The first-order valence-electron chi connectivity index (χ1n) is 7.41. The number of rotatable bonds is 6. The summed E-state index contributed by atoms with van der Waals surface area (Å²) in [5, 5.41) is 4.22. The van der Waals surface area contributed by atoms with Gasteiger partial charge in [-0.25, -0.2) is 0 Å². The molecule has 2 aromatic rings. The molecule has 21 heavy (non-hydrogen) atoms. The van der Waals surface area contributed by atoms with E-state index in [9.17, 15) is 0 Å². The quantitative estimate of drug-likeness (QED) is 0.849. The second-order valence-corrected chi connectivity index (χ2v) is 6.05. The molecule has 0 saturated heterocycles. The van der Waals surface area contributed by atoms with Crippen molar-refractivity contribution in [3.05, 3.63) is 64.2 Å². The van der Waals surface area contributed by atoms with Crippen molar-refractivity contribution in [2.24, 2.45) is 0 Å². The second-order valence-electron chi connectivity index (χ2n) is 5.65. The Labute approximate surface area is 131 Å². The van der Waals surface area contributed by atoms with E-state index in [0.717, 1.165) is 17.9 Å². The summed E-state index contributed by atoms with van der Waals surface area (Å²) in [7, 11) is 0. The van der Waals surface area contributed by atoms with Gasteiger partial charge in [-0.05, 0) is 48.6 Å². The van der Waals surface area contributed by atoms with Crippen molar-refractivity contribution in [3.8, 4) is 5.75 Å². The third-order valence-electron chi connectivity index (χ3n) is 3.75. The molecule has 0 aliphatic heterocycles. The first kappa shape index (κ1) is 14.4. The molecule has 2 nitrogen and oxygen atoms in total. The predicted octanol–water partition coefficient (Wildman–Crippen LogP) is 4.48. The van der Waals surface area contributed by atoms with Crippen LogP contribution in [0, 0.1) is 6.92 Å². The Bertz CT molecular complexity index is 622. The van der Waals surface area contributed by atoms with E-state index >= 15 is 0 Å². The van der Waals surface area contributed by atoms with Crippen LogP contribution < -0.4 is 10.1 Å². The molecule has 3 heteroatoms. The highest BCUT2D eigenvalue weighted by molar-refractivity contribution is 6.32. The Kier molecular flexibility index (Phi) is 4.47. The van der Waals surface area contributed by atoms with Crippen LogP contribution >= 0.6 is 11.6 Å². The monoisotopic (exact) mass is 301 g/mol. The summed E-state index contributed by atoms with van der Waals surface area (Å²) in [6.45, 7) is 3.48. The Morgan fingerprint density at radius 2 is 1.90 bits per heavy atom. The lowest BCUT2D eigenvalue weighted by molar-refractivity contribution is 0.305. The molecule has 0 atom stereocenters. The molecule has 1 fully saturated rings. The van der Waals surface area contributed by atoms with E-state index in [4.69, 9.17) is 16.3 Å². The van der Waals surface area contributed by atoms with Crippen molar-refractivity contribution in [1.29, 1.82) is 0 Å². The molecule has 2 aromatic carbocycles. The Morgan fingerprint density at radius 1 is 1.14 bits per heavy atom. The Morgan fingerprint density at radius 3 is 2.62 bits per heavy atom. The van der Waals surface area contributed by atoms with Gasteiger partial charge in [-0.3, -0.25) is 0 Å². The number of hydrogen-bond acceptors (Lipinski definition) is 2. The number of nitrogens with one attached hydrogen (secondary N) is 1. The lowest BCUT2D eigenvalue weighted by atomic mass is 10.1. The highest BCUT2D eigenvalue weighted by Gasteiger charge is 2.20. The van der Waals surface area contributed by atoms with Crippen LogP contribution in [0.25, 0.3) is 0 Å². The Balaban J connectivity index is 1.66. The van der Waals surface area contributed by atoms with Gasteiger partial charge in [-0.1, -0.05) is 41.9 Å². The van der Waals surface area contributed by atoms with Crippen molar-refractivity contribution in [1.82, 2.24) is 5.32 Å². The largest absolute Gasteiger partial charge is 0.487 e. The van der Waals surface area contributed by atoms with Gasteiger partial charge in [0, 0.05) is 12.6 Å². The summed E-state index contributed by atoms with van der Waals surface area (Å²) in [6.07, 6.45) is 2.61. The van der Waals surface area contributed by atoms with Gasteiger partial charge in [0.05, 0.1) is 5.02 Å². The molecule has 0 radical (unpaired) electrons. The topological polar surface area (TPSA) is 21.3 Å². The van der Waals surface area contributed by atoms with Crippen molar-refractivity contribution in [3.63, 3.8) is 0 Å². The van der Waals surface area contributed by atoms with Gasteiger partial charge < -0.3 is 10.1 Å². The van der Waals surface area contributed by atoms with Crippen molar-refractivity contribution >= 4 is 11.6 Å². The Hall–Kier alpha value is -1.51. The summed E-state index contributed by atoms with van der Waals surface area (Å²) < 4.78 is 5.88. The van der Waals surface area contributed by atoms with Crippen LogP contribution in [-0.4, -0.2) is 6.04 Å². The molecule has 110 valence electrons. The smallest absolute Gasteiger partial charge is 0.138 e. The molecule has 0 heterocycles. The summed E-state index contributed by atoms with van der Waals surface area (Å²) in [5.74, 6) is 0.743. The summed E-state index contributed by atoms with van der Waals surface area (Å²) in [5.41, 5.74) is 3.65. The van der Waals surface area contributed by atoms with Gasteiger partial charge >= 0.3 is 0 Å². The maximum atomic E-state index is 6.21. The van der Waals surface area contributed by atoms with Crippen molar-refractivity contribution in [2.75, 3.05) is 0 Å². The van der Waals surface area contributed by atoms with E-state index < -0.39 is 0 Å². The van der Waals surface area contributed by atoms with Crippen LogP contribution in [0.15, 0.2) is 42.5 Å². The number of ether oxygens (including phenoxy) is 1. The third-order valence-corrected chi connectivity index (χ3v) is 4.04. The van der Waals surface area contributed by atoms with E-state index in [1.54, 1.807) is 0 Å². The van der Waals surface area contributed by atoms with E-state index in [1.807, 2.05) is 25.1 Å². The SMILES string of the molecule is Cc1ccc(OCc2ccccc2CNC2CC2)c(Cl)c1. The lowest BCUT2D eigenvalue weighted by Crippen LogP contribution is -2.16. The van der Waals surface area contributed by atoms with Crippen LogP contribution in [0.4, 0.5) is 0 Å². The summed E-state index contributed by atoms with van der Waals surface area (Å²) in [6, 6.07) is 15.0. The number of hydrogen-bond donors (Lipinski definition) is 1. The molecule has 0 unspecified atom stereocenters. The fourth-order valence-corrected chi connectivity index (χ4v) is 2.58. The van der Waals surface area contributed by atoms with Crippen LogP contribution in [0.5, 0.6) is 5.75 Å². The zero-order chi connectivity index (χ0) is 14.7. The maximum absolute atomic E-state index is 6.21. The number of halogens is 1. The predicted molar refractivity (Wildman–Crippen MR) is 86.8 cm³/mol. The normalized spacial score (nSPS) is 14.2. The fourth-order valence-electron chi connectivity index (χ4n) is 2.29. The first-order chi connectivity index (χ1) is 10.2. The molecule has 1 N–H and O–H groups in total. The molecule has 0 spiro atoms. The fraction of sp³-hybridized carbons (Fsp3) is 0.333. The zero-order valence-electron chi connectivity index (χ0n) is 12.2. The van der Waals surface area contributed by atoms with Gasteiger partial charge in [0.2, 0.25) is 0 Å². The third kappa shape index (κ3) is 3.99. The molecular weight excluding hydrogens is 282 g/mol. The van der Waals surface area contributed by atoms with Crippen LogP contribution in [0.2, 0.25) is 5.02 Å². The van der Waals surface area contributed by atoms with Crippen LogP contribution in [0.3, 0.4) is 0 Å². The van der Waals surface area contributed by atoms with Gasteiger partial charge in [0.15, 0.2) is 0 Å². The molecule has 1 saturated carbocycles. The highest BCUT2D eigenvalue weighted by atomic mass is 35.5. The summed E-state index contributed by atoms with van der Waals surface area (Å²) in [4.78, 5) is 0. The van der Waals surface area contributed by atoms with E-state index in [2.05, 4.69) is 29.6 Å². The minimum Gasteiger partial charge on any atom is -0.487 e. The molecule has 0 bridgehead atoms. The average molecular weight is 302 g/mol. The van der Waals surface area contributed by atoms with E-state index in [-0.39, 0.29) is 0 Å². The lowest BCUT2D eigenvalue weighted by Gasteiger charge is -2.13. The van der Waals surface area contributed by atoms with Gasteiger partial charge in [-0.2, -0.15) is 0 Å². The summed E-state index contributed by atoms with van der Waals surface area (Å²) >= 11 is 6.21. The standard InChI is InChI=1S/C18H20ClNO/c1-13-6-9-18(17(19)10-13)21-12-15-5-3-2-4-14(15)11-20-16-7-8-16/h2-6,9-10,16,20H,7-8,11-12H2,1H3. The van der Waals surface area contributed by atoms with Gasteiger partial charge in [0.1, 0.15) is 12.4 Å². The second kappa shape index (κ2) is 6.50. The van der Waals surface area contributed by atoms with Gasteiger partial charge in [0.25, 0.3) is 0 Å². The molecule has 1 aliphatic rings. The molecule has 3 rings (SSSR count). The van der Waals surface area contributed by atoms with Crippen molar-refractivity contribution < 1.29 is 4.74 Å². The molecule has 1 aliphatic carbocycles. The van der Waals surface area contributed by atoms with Crippen molar-refractivity contribution in [2.45, 2.75) is 39.0 Å². The number of aryl methyl sites for hydroxylation is 1. The highest BCUT2D eigenvalue weighted by Crippen LogP contribution is 2.26. The maximum Gasteiger partial charge on any atom is 0.138 e. The van der Waals surface area contributed by atoms with Crippen LogP contribution in [0.1, 0.15) is 29.5 Å². The zero-order valence-corrected chi connectivity index (χ0v) is 13.0. The minimum atomic E-state index is 0.547.